The van der Waals surface area contributed by atoms with E-state index < -0.39 is 18.3 Å². The van der Waals surface area contributed by atoms with Crippen LogP contribution in [0.2, 0.25) is 0 Å². The smallest absolute Gasteiger partial charge is 0.312 e. The van der Waals surface area contributed by atoms with Crippen LogP contribution in [0.5, 0.6) is 0 Å². The zero-order valence-corrected chi connectivity index (χ0v) is 7.30. The zero-order valence-electron chi connectivity index (χ0n) is 7.30. The van der Waals surface area contributed by atoms with Crippen LogP contribution in [0.15, 0.2) is 0 Å². The van der Waals surface area contributed by atoms with E-state index in [1.165, 1.54) is 0 Å². The summed E-state index contributed by atoms with van der Waals surface area (Å²) in [5.41, 5.74) is 0. The highest BCUT2D eigenvalue weighted by Gasteiger charge is 2.05. The molecule has 0 saturated heterocycles. The molecule has 12 heavy (non-hydrogen) atoms. The topological polar surface area (TPSA) is 66.4 Å². The van der Waals surface area contributed by atoms with Gasteiger partial charge >= 0.3 is 5.97 Å². The van der Waals surface area contributed by atoms with Gasteiger partial charge in [-0.05, 0) is 6.42 Å². The number of carboxylic acid groups (broad SMARTS) is 1. The quantitative estimate of drug-likeness (QED) is 0.460. The average Bonchev–Trinajstić information content (AvgIpc) is 1.97. The van der Waals surface area contributed by atoms with Crippen molar-refractivity contribution in [1.82, 2.24) is 5.32 Å². The molecule has 0 aromatic carbocycles. The Hall–Kier alpha value is -1.06. The molecular weight excluding hydrogens is 158 g/mol. The van der Waals surface area contributed by atoms with Crippen molar-refractivity contribution in [2.45, 2.75) is 32.6 Å². The molecule has 0 aromatic rings. The predicted octanol–water partition coefficient (Wildman–Crippen LogP) is 0.767. The molecule has 0 aliphatic rings. The average molecular weight is 173 g/mol. The van der Waals surface area contributed by atoms with E-state index in [9.17, 15) is 9.59 Å². The predicted molar refractivity (Wildman–Crippen MR) is 44.8 cm³/mol. The number of rotatable bonds is 6. The second kappa shape index (κ2) is 6.64. The second-order valence-corrected chi connectivity index (χ2v) is 2.63. The SMILES string of the molecule is CCCCCNC(=O)CC(=O)O. The molecule has 2 N–H and O–H groups in total. The van der Waals surface area contributed by atoms with Gasteiger partial charge in [0.25, 0.3) is 0 Å². The fraction of sp³-hybridized carbons (Fsp3) is 0.750. The Kier molecular flexibility index (Phi) is 6.05. The van der Waals surface area contributed by atoms with Gasteiger partial charge in [0, 0.05) is 6.54 Å². The Morgan fingerprint density at radius 3 is 2.50 bits per heavy atom. The minimum Gasteiger partial charge on any atom is -0.481 e. The van der Waals surface area contributed by atoms with Crippen LogP contribution < -0.4 is 5.32 Å². The Balaban J connectivity index is 3.26. The first-order valence-corrected chi connectivity index (χ1v) is 4.15. The molecule has 1 amide bonds. The van der Waals surface area contributed by atoms with Crippen molar-refractivity contribution >= 4 is 11.9 Å². The Morgan fingerprint density at radius 1 is 1.33 bits per heavy atom. The van der Waals surface area contributed by atoms with Gasteiger partial charge < -0.3 is 10.4 Å². The maximum absolute atomic E-state index is 10.7. The number of nitrogens with one attached hydrogen (secondary N) is 1. The van der Waals surface area contributed by atoms with Crippen molar-refractivity contribution in [2.24, 2.45) is 0 Å². The van der Waals surface area contributed by atoms with Gasteiger partial charge in [-0.25, -0.2) is 0 Å². The summed E-state index contributed by atoms with van der Waals surface area (Å²) in [6.07, 6.45) is 2.65. The summed E-state index contributed by atoms with van der Waals surface area (Å²) < 4.78 is 0. The van der Waals surface area contributed by atoms with E-state index in [-0.39, 0.29) is 0 Å². The monoisotopic (exact) mass is 173 g/mol. The Morgan fingerprint density at radius 2 is 2.00 bits per heavy atom. The van der Waals surface area contributed by atoms with E-state index >= 15 is 0 Å². The highest BCUT2D eigenvalue weighted by molar-refractivity contribution is 5.93. The van der Waals surface area contributed by atoms with Crippen molar-refractivity contribution in [3.05, 3.63) is 0 Å². The summed E-state index contributed by atoms with van der Waals surface area (Å²) in [5.74, 6) is -1.48. The molecule has 0 rings (SSSR count). The third-order valence-corrected chi connectivity index (χ3v) is 1.41. The summed E-state index contributed by atoms with van der Waals surface area (Å²) in [6, 6.07) is 0. The van der Waals surface area contributed by atoms with Crippen LogP contribution in [-0.2, 0) is 9.59 Å². The van der Waals surface area contributed by atoms with Crippen LogP contribution in [0, 0.1) is 0 Å². The molecular formula is C8H15NO3. The van der Waals surface area contributed by atoms with Gasteiger partial charge in [-0.15, -0.1) is 0 Å². The summed E-state index contributed by atoms with van der Waals surface area (Å²) >= 11 is 0. The van der Waals surface area contributed by atoms with Crippen LogP contribution >= 0.6 is 0 Å². The van der Waals surface area contributed by atoms with Crippen LogP contribution in [0.3, 0.4) is 0 Å². The summed E-state index contributed by atoms with van der Waals surface area (Å²) in [5, 5.41) is 10.8. The van der Waals surface area contributed by atoms with Gasteiger partial charge in [0.2, 0.25) is 5.91 Å². The number of carbonyl (C=O) groups is 2. The number of amides is 1. The number of carbonyl (C=O) groups excluding carboxylic acids is 1. The molecule has 0 aliphatic carbocycles. The van der Waals surface area contributed by atoms with Crippen LogP contribution in [0.25, 0.3) is 0 Å². The summed E-state index contributed by atoms with van der Waals surface area (Å²) in [6.45, 7) is 2.65. The molecule has 0 saturated carbocycles. The third kappa shape index (κ3) is 7.05. The molecule has 0 atom stereocenters. The normalized spacial score (nSPS) is 9.42. The number of hydrogen-bond donors (Lipinski definition) is 2. The number of hydrogen-bond acceptors (Lipinski definition) is 2. The summed E-state index contributed by atoms with van der Waals surface area (Å²) in [7, 11) is 0. The van der Waals surface area contributed by atoms with Gasteiger partial charge in [-0.1, -0.05) is 19.8 Å². The number of unbranched alkanes of at least 4 members (excludes halogenated alkanes) is 2. The van der Waals surface area contributed by atoms with Crippen molar-refractivity contribution in [2.75, 3.05) is 6.54 Å². The highest BCUT2D eigenvalue weighted by atomic mass is 16.4. The fourth-order valence-electron chi connectivity index (χ4n) is 0.803. The molecule has 0 spiro atoms. The lowest BCUT2D eigenvalue weighted by atomic mass is 10.2. The third-order valence-electron chi connectivity index (χ3n) is 1.41. The van der Waals surface area contributed by atoms with Gasteiger partial charge in [0.15, 0.2) is 0 Å². The van der Waals surface area contributed by atoms with Crippen molar-refractivity contribution in [1.29, 1.82) is 0 Å². The first-order valence-electron chi connectivity index (χ1n) is 4.15. The van der Waals surface area contributed by atoms with Crippen molar-refractivity contribution < 1.29 is 14.7 Å². The van der Waals surface area contributed by atoms with Crippen molar-refractivity contribution in [3.63, 3.8) is 0 Å². The van der Waals surface area contributed by atoms with Crippen LogP contribution in [0.4, 0.5) is 0 Å². The van der Waals surface area contributed by atoms with Crippen LogP contribution in [0.1, 0.15) is 32.6 Å². The molecule has 0 unspecified atom stereocenters. The minimum absolute atomic E-state index is 0.404. The maximum atomic E-state index is 10.7. The standard InChI is InChI=1S/C8H15NO3/c1-2-3-4-5-9-7(10)6-8(11)12/h2-6H2,1H3,(H,9,10)(H,11,12). The molecule has 0 radical (unpaired) electrons. The van der Waals surface area contributed by atoms with Gasteiger partial charge in [-0.3, -0.25) is 9.59 Å². The molecule has 0 bridgehead atoms. The van der Waals surface area contributed by atoms with Gasteiger partial charge in [0.1, 0.15) is 6.42 Å². The van der Waals surface area contributed by atoms with E-state index in [1.807, 2.05) is 0 Å². The lowest BCUT2D eigenvalue weighted by Gasteiger charge is -2.01. The molecule has 0 heterocycles. The number of carboxylic acids is 1. The molecule has 4 nitrogen and oxygen atoms in total. The molecule has 0 aromatic heterocycles. The van der Waals surface area contributed by atoms with E-state index in [4.69, 9.17) is 5.11 Å². The first-order chi connectivity index (χ1) is 5.66. The zero-order chi connectivity index (χ0) is 9.40. The fourth-order valence-corrected chi connectivity index (χ4v) is 0.803. The lowest BCUT2D eigenvalue weighted by Crippen LogP contribution is -2.26. The summed E-state index contributed by atoms with van der Waals surface area (Å²) in [4.78, 5) is 20.8. The van der Waals surface area contributed by atoms with E-state index in [0.29, 0.717) is 6.54 Å². The lowest BCUT2D eigenvalue weighted by molar-refractivity contribution is -0.140. The molecule has 70 valence electrons. The van der Waals surface area contributed by atoms with Crippen LogP contribution in [-0.4, -0.2) is 23.5 Å². The van der Waals surface area contributed by atoms with E-state index in [1.54, 1.807) is 0 Å². The van der Waals surface area contributed by atoms with Gasteiger partial charge in [0.05, 0.1) is 0 Å². The molecule has 0 fully saturated rings. The molecule has 0 aliphatic heterocycles. The minimum atomic E-state index is -1.08. The van der Waals surface area contributed by atoms with E-state index in [0.717, 1.165) is 19.3 Å². The van der Waals surface area contributed by atoms with Crippen molar-refractivity contribution in [3.8, 4) is 0 Å². The Bertz CT molecular complexity index is 156. The van der Waals surface area contributed by atoms with Gasteiger partial charge in [-0.2, -0.15) is 0 Å². The maximum Gasteiger partial charge on any atom is 0.312 e. The highest BCUT2D eigenvalue weighted by Crippen LogP contribution is 1.91. The second-order valence-electron chi connectivity index (χ2n) is 2.63. The van der Waals surface area contributed by atoms with E-state index in [2.05, 4.69) is 12.2 Å². The molecule has 4 heteroatoms. The first kappa shape index (κ1) is 10.9. The Labute approximate surface area is 72.0 Å². The number of aliphatic carboxylic acids is 1. The largest absolute Gasteiger partial charge is 0.481 e.